The standard InChI is InChI=1S/C10H14N2O2/c1-5-2-6(4-11-5)12-9(13)7-3-8(7)10(12)14/h5-8,11H,2-4H2,1H3. The summed E-state index contributed by atoms with van der Waals surface area (Å²) in [6.07, 6.45) is 1.72. The molecule has 3 rings (SSSR count). The molecule has 4 heteroatoms. The van der Waals surface area contributed by atoms with Crippen molar-refractivity contribution >= 4 is 11.8 Å². The maximum absolute atomic E-state index is 11.7. The van der Waals surface area contributed by atoms with E-state index < -0.39 is 0 Å². The first-order chi connectivity index (χ1) is 6.68. The Balaban J connectivity index is 1.79. The van der Waals surface area contributed by atoms with Crippen molar-refractivity contribution < 1.29 is 9.59 Å². The van der Waals surface area contributed by atoms with Gasteiger partial charge in [0.15, 0.2) is 0 Å². The van der Waals surface area contributed by atoms with Gasteiger partial charge in [-0.3, -0.25) is 14.5 Å². The Morgan fingerprint density at radius 3 is 2.36 bits per heavy atom. The van der Waals surface area contributed by atoms with Gasteiger partial charge in [0.05, 0.1) is 17.9 Å². The van der Waals surface area contributed by atoms with Crippen molar-refractivity contribution in [2.24, 2.45) is 11.8 Å². The molecule has 3 fully saturated rings. The van der Waals surface area contributed by atoms with Crippen LogP contribution in [0.25, 0.3) is 0 Å². The number of fused-ring (bicyclic) bond motifs is 1. The van der Waals surface area contributed by atoms with Crippen molar-refractivity contribution in [3.05, 3.63) is 0 Å². The van der Waals surface area contributed by atoms with Gasteiger partial charge in [0, 0.05) is 12.6 Å². The lowest BCUT2D eigenvalue weighted by atomic mass is 10.1. The molecule has 0 spiro atoms. The molecule has 2 aliphatic heterocycles. The molecule has 2 heterocycles. The number of hydrogen-bond acceptors (Lipinski definition) is 3. The molecule has 4 unspecified atom stereocenters. The summed E-state index contributed by atoms with van der Waals surface area (Å²) in [6.45, 7) is 2.86. The Morgan fingerprint density at radius 2 is 1.86 bits per heavy atom. The molecule has 1 saturated carbocycles. The Hall–Kier alpha value is -0.900. The average molecular weight is 194 g/mol. The number of imide groups is 1. The Kier molecular flexibility index (Phi) is 1.54. The van der Waals surface area contributed by atoms with Gasteiger partial charge in [-0.15, -0.1) is 0 Å². The second kappa shape index (κ2) is 2.57. The second-order valence-corrected chi connectivity index (χ2v) is 4.69. The third-order valence-corrected chi connectivity index (χ3v) is 3.59. The highest BCUT2D eigenvalue weighted by Gasteiger charge is 2.60. The minimum atomic E-state index is 0.0541. The number of likely N-dealkylation sites (tertiary alicyclic amines) is 1. The van der Waals surface area contributed by atoms with Gasteiger partial charge in [-0.05, 0) is 19.8 Å². The zero-order valence-corrected chi connectivity index (χ0v) is 8.19. The molecule has 1 aliphatic carbocycles. The van der Waals surface area contributed by atoms with Crippen LogP contribution in [0.4, 0.5) is 0 Å². The van der Waals surface area contributed by atoms with E-state index in [1.165, 1.54) is 4.90 Å². The number of carbonyl (C=O) groups excluding carboxylic acids is 2. The van der Waals surface area contributed by atoms with Gasteiger partial charge >= 0.3 is 0 Å². The molecule has 0 bridgehead atoms. The predicted molar refractivity (Wildman–Crippen MR) is 49.3 cm³/mol. The van der Waals surface area contributed by atoms with E-state index in [9.17, 15) is 9.59 Å². The third-order valence-electron chi connectivity index (χ3n) is 3.59. The lowest BCUT2D eigenvalue weighted by molar-refractivity contribution is -0.143. The summed E-state index contributed by atoms with van der Waals surface area (Å²) in [5.74, 6) is 0.276. The first-order valence-corrected chi connectivity index (χ1v) is 5.29. The molecule has 14 heavy (non-hydrogen) atoms. The molecule has 4 atom stereocenters. The van der Waals surface area contributed by atoms with Crippen molar-refractivity contribution in [3.8, 4) is 0 Å². The zero-order valence-electron chi connectivity index (χ0n) is 8.19. The van der Waals surface area contributed by atoms with Gasteiger partial charge in [-0.25, -0.2) is 0 Å². The quantitative estimate of drug-likeness (QED) is 0.585. The summed E-state index contributed by atoms with van der Waals surface area (Å²) in [5, 5.41) is 3.27. The van der Waals surface area contributed by atoms with Crippen LogP contribution in [0.5, 0.6) is 0 Å². The molecular weight excluding hydrogens is 180 g/mol. The van der Waals surface area contributed by atoms with Crippen molar-refractivity contribution in [3.63, 3.8) is 0 Å². The van der Waals surface area contributed by atoms with Crippen molar-refractivity contribution in [2.75, 3.05) is 6.54 Å². The molecule has 0 aromatic rings. The van der Waals surface area contributed by atoms with E-state index >= 15 is 0 Å². The molecule has 3 aliphatic rings. The summed E-state index contributed by atoms with van der Waals surface area (Å²) in [4.78, 5) is 25.0. The number of rotatable bonds is 1. The lowest BCUT2D eigenvalue weighted by Crippen LogP contribution is -2.43. The van der Waals surface area contributed by atoms with Gasteiger partial charge in [0.25, 0.3) is 0 Å². The lowest BCUT2D eigenvalue weighted by Gasteiger charge is -2.22. The zero-order chi connectivity index (χ0) is 9.87. The fourth-order valence-corrected chi connectivity index (χ4v) is 2.68. The van der Waals surface area contributed by atoms with Gasteiger partial charge in [0.2, 0.25) is 11.8 Å². The summed E-state index contributed by atoms with van der Waals surface area (Å²) < 4.78 is 0. The predicted octanol–water partition coefficient (Wildman–Crippen LogP) is -0.258. The highest BCUT2D eigenvalue weighted by molar-refractivity contribution is 6.09. The number of amides is 2. The van der Waals surface area contributed by atoms with E-state index in [0.717, 1.165) is 19.4 Å². The summed E-state index contributed by atoms with van der Waals surface area (Å²) >= 11 is 0. The van der Waals surface area contributed by atoms with E-state index in [1.54, 1.807) is 0 Å². The molecule has 0 aromatic carbocycles. The third kappa shape index (κ3) is 0.974. The molecule has 4 nitrogen and oxygen atoms in total. The Bertz CT molecular complexity index is 295. The monoisotopic (exact) mass is 194 g/mol. The summed E-state index contributed by atoms with van der Waals surface area (Å²) in [7, 11) is 0. The van der Waals surface area contributed by atoms with E-state index in [0.29, 0.717) is 6.04 Å². The topological polar surface area (TPSA) is 49.4 Å². The normalized spacial score (nSPS) is 45.9. The molecular formula is C10H14N2O2. The number of carbonyl (C=O) groups is 2. The first kappa shape index (κ1) is 8.41. The van der Waals surface area contributed by atoms with Crippen LogP contribution in [0, 0.1) is 11.8 Å². The van der Waals surface area contributed by atoms with Crippen LogP contribution >= 0.6 is 0 Å². The van der Waals surface area contributed by atoms with Gasteiger partial charge < -0.3 is 5.32 Å². The Labute approximate surface area is 82.6 Å². The smallest absolute Gasteiger partial charge is 0.233 e. The highest BCUT2D eigenvalue weighted by atomic mass is 16.2. The van der Waals surface area contributed by atoms with Crippen LogP contribution in [0.2, 0.25) is 0 Å². The van der Waals surface area contributed by atoms with Crippen LogP contribution in [-0.4, -0.2) is 35.3 Å². The van der Waals surface area contributed by atoms with Crippen LogP contribution in [0.1, 0.15) is 19.8 Å². The highest BCUT2D eigenvalue weighted by Crippen LogP contribution is 2.48. The fraction of sp³-hybridized carbons (Fsp3) is 0.800. The van der Waals surface area contributed by atoms with Gasteiger partial charge in [-0.2, -0.15) is 0 Å². The van der Waals surface area contributed by atoms with Gasteiger partial charge in [-0.1, -0.05) is 0 Å². The Morgan fingerprint density at radius 1 is 1.21 bits per heavy atom. The number of nitrogens with one attached hydrogen (secondary N) is 1. The van der Waals surface area contributed by atoms with E-state index in [1.807, 2.05) is 0 Å². The van der Waals surface area contributed by atoms with Crippen LogP contribution < -0.4 is 5.32 Å². The van der Waals surface area contributed by atoms with Crippen LogP contribution in [-0.2, 0) is 9.59 Å². The van der Waals surface area contributed by atoms with E-state index in [4.69, 9.17) is 0 Å². The molecule has 2 saturated heterocycles. The van der Waals surface area contributed by atoms with Crippen LogP contribution in [0.3, 0.4) is 0 Å². The SMILES string of the molecule is CC1CC(N2C(=O)C3CC3C2=O)CN1. The maximum Gasteiger partial charge on any atom is 0.233 e. The van der Waals surface area contributed by atoms with E-state index in [2.05, 4.69) is 12.2 Å². The first-order valence-electron chi connectivity index (χ1n) is 5.29. The molecule has 1 N–H and O–H groups in total. The average Bonchev–Trinajstić information content (AvgIpc) is 2.78. The minimum Gasteiger partial charge on any atom is -0.312 e. The van der Waals surface area contributed by atoms with Gasteiger partial charge in [0.1, 0.15) is 0 Å². The second-order valence-electron chi connectivity index (χ2n) is 4.69. The molecule has 0 radical (unpaired) electrons. The number of piperidine rings is 1. The number of hydrogen-bond donors (Lipinski definition) is 1. The summed E-state index contributed by atoms with van der Waals surface area (Å²) in [5.41, 5.74) is 0. The molecule has 2 amide bonds. The maximum atomic E-state index is 11.7. The minimum absolute atomic E-state index is 0.0541. The molecule has 76 valence electrons. The molecule has 0 aromatic heterocycles. The largest absolute Gasteiger partial charge is 0.312 e. The van der Waals surface area contributed by atoms with E-state index in [-0.39, 0.29) is 29.7 Å². The van der Waals surface area contributed by atoms with Crippen molar-refractivity contribution in [2.45, 2.75) is 31.8 Å². The van der Waals surface area contributed by atoms with Crippen molar-refractivity contribution in [1.29, 1.82) is 0 Å². The summed E-state index contributed by atoms with van der Waals surface area (Å²) in [6, 6.07) is 0.551. The van der Waals surface area contributed by atoms with Crippen LogP contribution in [0.15, 0.2) is 0 Å². The van der Waals surface area contributed by atoms with Crippen molar-refractivity contribution in [1.82, 2.24) is 10.2 Å². The fourth-order valence-electron chi connectivity index (χ4n) is 2.68. The number of nitrogens with zero attached hydrogens (tertiary/aromatic N) is 1.